The number of rotatable bonds is 9. The minimum atomic E-state index is -0.137. The van der Waals surface area contributed by atoms with Crippen LogP contribution in [-0.2, 0) is 6.54 Å². The number of ketones is 1. The molecule has 2 aromatic carbocycles. The number of hydrogen-bond donors (Lipinski definition) is 1. The van der Waals surface area contributed by atoms with Crippen molar-refractivity contribution in [2.45, 2.75) is 26.8 Å². The van der Waals surface area contributed by atoms with Crippen LogP contribution in [-0.4, -0.2) is 44.3 Å². The van der Waals surface area contributed by atoms with Gasteiger partial charge >= 0.3 is 0 Å². The van der Waals surface area contributed by atoms with Gasteiger partial charge in [0.2, 0.25) is 0 Å². The molecular formula is C24H30N2O4. The number of benzene rings is 2. The van der Waals surface area contributed by atoms with Crippen molar-refractivity contribution in [3.8, 4) is 5.75 Å². The van der Waals surface area contributed by atoms with Crippen molar-refractivity contribution >= 4 is 22.7 Å². The number of carbonyl (C=O) groups excluding carboxylic acids is 2. The molecule has 0 fully saturated rings. The molecule has 0 bridgehead atoms. The molecular weight excluding hydrogens is 380 g/mol. The molecule has 0 unspecified atom stereocenters. The van der Waals surface area contributed by atoms with Gasteiger partial charge in [-0.05, 0) is 50.8 Å². The molecule has 0 saturated heterocycles. The molecule has 0 atom stereocenters. The number of furan rings is 1. The fraction of sp³-hybridized carbons (Fsp3) is 0.333. The first kappa shape index (κ1) is 23.2. The third-order valence-corrected chi connectivity index (χ3v) is 4.59. The van der Waals surface area contributed by atoms with E-state index in [0.29, 0.717) is 43.1 Å². The molecule has 3 aromatic rings. The molecule has 6 heteroatoms. The van der Waals surface area contributed by atoms with Gasteiger partial charge in [0.25, 0.3) is 5.91 Å². The monoisotopic (exact) mass is 410 g/mol. The van der Waals surface area contributed by atoms with Crippen molar-refractivity contribution in [1.29, 1.82) is 0 Å². The summed E-state index contributed by atoms with van der Waals surface area (Å²) < 4.78 is 11.6. The van der Waals surface area contributed by atoms with E-state index in [-0.39, 0.29) is 19.1 Å². The zero-order valence-corrected chi connectivity index (χ0v) is 17.0. The predicted molar refractivity (Wildman–Crippen MR) is 119 cm³/mol. The Labute approximate surface area is 177 Å². The molecule has 1 N–H and O–H groups in total. The maximum Gasteiger partial charge on any atom is 0.251 e. The normalized spacial score (nSPS) is 10.7. The summed E-state index contributed by atoms with van der Waals surface area (Å²) in [6.07, 6.45) is 0.922. The topological polar surface area (TPSA) is 71.8 Å². The van der Waals surface area contributed by atoms with Crippen molar-refractivity contribution in [2.24, 2.45) is 0 Å². The fourth-order valence-electron chi connectivity index (χ4n) is 3.18. The first-order valence-electron chi connectivity index (χ1n) is 9.63. The van der Waals surface area contributed by atoms with Crippen LogP contribution in [0.2, 0.25) is 0 Å². The number of hydrogen-bond acceptors (Lipinski definition) is 5. The first-order valence-corrected chi connectivity index (χ1v) is 9.63. The molecule has 30 heavy (non-hydrogen) atoms. The third-order valence-electron chi connectivity index (χ3n) is 4.59. The Kier molecular flexibility index (Phi) is 8.18. The number of nitrogens with zero attached hydrogens (tertiary/aromatic N) is 1. The zero-order valence-electron chi connectivity index (χ0n) is 17.0. The van der Waals surface area contributed by atoms with E-state index in [1.54, 1.807) is 31.3 Å². The SMILES string of the molecule is C.CNC(=O)c1ccc(OCCCC(=O)c2oc3ccccc3c2CN(C)C)cc1. The van der Waals surface area contributed by atoms with Crippen molar-refractivity contribution in [2.75, 3.05) is 27.7 Å². The van der Waals surface area contributed by atoms with Crippen LogP contribution in [0.3, 0.4) is 0 Å². The minimum absolute atomic E-state index is 0. The summed E-state index contributed by atoms with van der Waals surface area (Å²) in [5.41, 5.74) is 2.25. The lowest BCUT2D eigenvalue weighted by molar-refractivity contribution is 0.0943. The van der Waals surface area contributed by atoms with Crippen molar-refractivity contribution in [3.63, 3.8) is 0 Å². The second kappa shape index (κ2) is 10.6. The van der Waals surface area contributed by atoms with E-state index in [9.17, 15) is 9.59 Å². The fourth-order valence-corrected chi connectivity index (χ4v) is 3.18. The summed E-state index contributed by atoms with van der Waals surface area (Å²) in [5.74, 6) is 0.954. The average Bonchev–Trinajstić information content (AvgIpc) is 3.09. The Morgan fingerprint density at radius 2 is 1.77 bits per heavy atom. The number of nitrogens with one attached hydrogen (secondary N) is 1. The lowest BCUT2D eigenvalue weighted by atomic mass is 10.1. The molecule has 0 aliphatic heterocycles. The molecule has 0 aliphatic rings. The van der Waals surface area contributed by atoms with Gasteiger partial charge in [0.1, 0.15) is 11.3 Å². The van der Waals surface area contributed by atoms with E-state index in [1.807, 2.05) is 43.3 Å². The third kappa shape index (κ3) is 5.48. The second-order valence-electron chi connectivity index (χ2n) is 7.12. The predicted octanol–water partition coefficient (Wildman–Crippen LogP) is 4.53. The van der Waals surface area contributed by atoms with Gasteiger partial charge in [-0.3, -0.25) is 9.59 Å². The Balaban J connectivity index is 0.00000320. The van der Waals surface area contributed by atoms with E-state index in [4.69, 9.17) is 9.15 Å². The molecule has 0 aliphatic carbocycles. The molecule has 1 amide bonds. The summed E-state index contributed by atoms with van der Waals surface area (Å²) in [6.45, 7) is 1.06. The highest BCUT2D eigenvalue weighted by Gasteiger charge is 2.20. The first-order chi connectivity index (χ1) is 14.0. The van der Waals surface area contributed by atoms with E-state index in [1.165, 1.54) is 0 Å². The van der Waals surface area contributed by atoms with Gasteiger partial charge in [-0.1, -0.05) is 25.6 Å². The van der Waals surface area contributed by atoms with E-state index in [0.717, 1.165) is 16.5 Å². The van der Waals surface area contributed by atoms with Crippen LogP contribution in [0, 0.1) is 0 Å². The molecule has 0 radical (unpaired) electrons. The molecule has 160 valence electrons. The van der Waals surface area contributed by atoms with Crippen LogP contribution in [0.15, 0.2) is 52.9 Å². The molecule has 1 aromatic heterocycles. The summed E-state index contributed by atoms with van der Waals surface area (Å²) in [7, 11) is 5.54. The van der Waals surface area contributed by atoms with Crippen LogP contribution in [0.25, 0.3) is 11.0 Å². The number of ether oxygens (including phenoxy) is 1. The van der Waals surface area contributed by atoms with Crippen LogP contribution in [0.5, 0.6) is 5.75 Å². The molecule has 3 rings (SSSR count). The molecule has 0 saturated carbocycles. The van der Waals surface area contributed by atoms with E-state index >= 15 is 0 Å². The van der Waals surface area contributed by atoms with Crippen molar-refractivity contribution in [1.82, 2.24) is 10.2 Å². The molecule has 0 spiro atoms. The Bertz CT molecular complexity index is 990. The standard InChI is InChI=1S/C23H26N2O4.CH4/c1-24-23(27)16-10-12-17(13-11-16)28-14-6-8-20(26)22-19(15-25(2)3)18-7-4-5-9-21(18)29-22;/h4-5,7,9-13H,6,8,14-15H2,1-3H3,(H,24,27);1H4. The van der Waals surface area contributed by atoms with Crippen LogP contribution in [0.4, 0.5) is 0 Å². The Hall–Kier alpha value is -3.12. The van der Waals surface area contributed by atoms with Crippen LogP contribution >= 0.6 is 0 Å². The van der Waals surface area contributed by atoms with Crippen molar-refractivity contribution in [3.05, 3.63) is 65.4 Å². The molecule has 6 nitrogen and oxygen atoms in total. The van der Waals surface area contributed by atoms with Gasteiger partial charge in [-0.25, -0.2) is 0 Å². The van der Waals surface area contributed by atoms with E-state index in [2.05, 4.69) is 5.32 Å². The highest BCUT2D eigenvalue weighted by Crippen LogP contribution is 2.28. The van der Waals surface area contributed by atoms with Gasteiger partial charge in [-0.2, -0.15) is 0 Å². The van der Waals surface area contributed by atoms with Gasteiger partial charge in [0, 0.05) is 36.5 Å². The van der Waals surface area contributed by atoms with Crippen LogP contribution in [0.1, 0.15) is 46.7 Å². The van der Waals surface area contributed by atoms with Gasteiger partial charge in [0.15, 0.2) is 11.5 Å². The Morgan fingerprint density at radius 3 is 2.43 bits per heavy atom. The van der Waals surface area contributed by atoms with Gasteiger partial charge in [0.05, 0.1) is 6.61 Å². The highest BCUT2D eigenvalue weighted by atomic mass is 16.5. The second-order valence-corrected chi connectivity index (χ2v) is 7.12. The number of amides is 1. The summed E-state index contributed by atoms with van der Waals surface area (Å²) in [4.78, 5) is 26.3. The maximum absolute atomic E-state index is 12.8. The number of para-hydroxylation sites is 1. The highest BCUT2D eigenvalue weighted by molar-refractivity contribution is 6.00. The minimum Gasteiger partial charge on any atom is -0.494 e. The lowest BCUT2D eigenvalue weighted by Gasteiger charge is -2.10. The quantitative estimate of drug-likeness (QED) is 0.414. The summed E-state index contributed by atoms with van der Waals surface area (Å²) in [5, 5.41) is 3.56. The number of fused-ring (bicyclic) bond motifs is 1. The zero-order chi connectivity index (χ0) is 20.8. The molecule has 1 heterocycles. The van der Waals surface area contributed by atoms with Crippen LogP contribution < -0.4 is 10.1 Å². The van der Waals surface area contributed by atoms with Crippen molar-refractivity contribution < 1.29 is 18.7 Å². The lowest BCUT2D eigenvalue weighted by Crippen LogP contribution is -2.17. The maximum atomic E-state index is 12.8. The Morgan fingerprint density at radius 1 is 1.07 bits per heavy atom. The summed E-state index contributed by atoms with van der Waals surface area (Å²) >= 11 is 0. The van der Waals surface area contributed by atoms with Gasteiger partial charge in [-0.15, -0.1) is 0 Å². The number of Topliss-reactive ketones (excluding diaryl/α,β-unsaturated/α-hetero) is 1. The number of carbonyl (C=O) groups is 2. The van der Waals surface area contributed by atoms with E-state index < -0.39 is 0 Å². The average molecular weight is 411 g/mol. The smallest absolute Gasteiger partial charge is 0.251 e. The van der Waals surface area contributed by atoms with Gasteiger partial charge < -0.3 is 19.4 Å². The largest absolute Gasteiger partial charge is 0.494 e. The summed E-state index contributed by atoms with van der Waals surface area (Å²) in [6, 6.07) is 14.7.